The molecule has 0 aliphatic carbocycles. The maximum absolute atomic E-state index is 12.0. The molecule has 1 aliphatic heterocycles. The van der Waals surface area contributed by atoms with Crippen LogP contribution in [0, 0.1) is 5.92 Å². The molecule has 0 aromatic carbocycles. The first kappa shape index (κ1) is 9.51. The van der Waals surface area contributed by atoms with Gasteiger partial charge in [-0.15, -0.1) is 0 Å². The lowest BCUT2D eigenvalue weighted by Gasteiger charge is -2.27. The van der Waals surface area contributed by atoms with Crippen LogP contribution in [0.3, 0.4) is 0 Å². The van der Waals surface area contributed by atoms with E-state index >= 15 is 0 Å². The minimum absolute atomic E-state index is 0.00704. The van der Waals surface area contributed by atoms with E-state index in [1.807, 2.05) is 0 Å². The van der Waals surface area contributed by atoms with Gasteiger partial charge in [0.25, 0.3) is 0 Å². The number of rotatable bonds is 1. The first-order valence-electron chi connectivity index (χ1n) is 3.67. The molecule has 0 N–H and O–H groups in total. The number of aldehydes is 1. The van der Waals surface area contributed by atoms with Gasteiger partial charge in [0.1, 0.15) is 12.4 Å². The van der Waals surface area contributed by atoms with Crippen molar-refractivity contribution in [1.29, 1.82) is 0 Å². The highest BCUT2D eigenvalue weighted by Gasteiger charge is 2.41. The summed E-state index contributed by atoms with van der Waals surface area (Å²) in [5.41, 5.74) is 0. The highest BCUT2D eigenvalue weighted by Crippen LogP contribution is 2.33. The van der Waals surface area contributed by atoms with Crippen LogP contribution in [0.1, 0.15) is 12.8 Å². The van der Waals surface area contributed by atoms with Crippen molar-refractivity contribution < 1.29 is 22.7 Å². The summed E-state index contributed by atoms with van der Waals surface area (Å²) in [6.07, 6.45) is -4.11. The van der Waals surface area contributed by atoms with Gasteiger partial charge in [0.2, 0.25) is 0 Å². The Balaban J connectivity index is 2.41. The lowest BCUT2D eigenvalue weighted by Crippen LogP contribution is -2.35. The van der Waals surface area contributed by atoms with Crippen molar-refractivity contribution >= 4 is 6.29 Å². The van der Waals surface area contributed by atoms with E-state index in [1.165, 1.54) is 0 Å². The Bertz CT molecular complexity index is 159. The number of halogens is 3. The van der Waals surface area contributed by atoms with Crippen LogP contribution in [0.2, 0.25) is 0 Å². The van der Waals surface area contributed by atoms with Crippen LogP contribution in [0.5, 0.6) is 0 Å². The zero-order chi connectivity index (χ0) is 9.19. The smallest absolute Gasteiger partial charge is 0.370 e. The summed E-state index contributed by atoms with van der Waals surface area (Å²) in [5.74, 6) is -1.39. The summed E-state index contributed by atoms with van der Waals surface area (Å²) in [4.78, 5) is 10.1. The van der Waals surface area contributed by atoms with Crippen molar-refractivity contribution in [1.82, 2.24) is 0 Å². The van der Waals surface area contributed by atoms with E-state index in [4.69, 9.17) is 0 Å². The largest absolute Gasteiger partial charge is 0.394 e. The number of hydrogen-bond acceptors (Lipinski definition) is 2. The quantitative estimate of drug-likeness (QED) is 0.575. The number of ether oxygens (including phenoxy) is 1. The first-order chi connectivity index (χ1) is 5.54. The predicted molar refractivity (Wildman–Crippen MR) is 34.6 cm³/mol. The van der Waals surface area contributed by atoms with Crippen molar-refractivity contribution in [3.63, 3.8) is 0 Å². The molecule has 0 spiro atoms. The fourth-order valence-corrected chi connectivity index (χ4v) is 1.14. The summed E-state index contributed by atoms with van der Waals surface area (Å²) < 4.78 is 40.7. The van der Waals surface area contributed by atoms with Gasteiger partial charge in [-0.2, -0.15) is 13.2 Å². The molecule has 1 fully saturated rings. The second kappa shape index (κ2) is 3.43. The van der Waals surface area contributed by atoms with Gasteiger partial charge in [0.15, 0.2) is 0 Å². The summed E-state index contributed by atoms with van der Waals surface area (Å²) in [5, 5.41) is 0. The average molecular weight is 182 g/mol. The van der Waals surface area contributed by atoms with Crippen LogP contribution < -0.4 is 0 Å². The molecule has 0 bridgehead atoms. The summed E-state index contributed by atoms with van der Waals surface area (Å²) >= 11 is 0. The van der Waals surface area contributed by atoms with Gasteiger partial charge in [-0.3, -0.25) is 0 Å². The Hall–Kier alpha value is -0.580. The normalized spacial score (nSPS) is 31.6. The number of hydrogen-bond donors (Lipinski definition) is 0. The maximum atomic E-state index is 12.0. The summed E-state index contributed by atoms with van der Waals surface area (Å²) in [6.45, 7) is -0.382. The van der Waals surface area contributed by atoms with Gasteiger partial charge in [-0.25, -0.2) is 0 Å². The Morgan fingerprint density at radius 2 is 2.00 bits per heavy atom. The van der Waals surface area contributed by atoms with Crippen LogP contribution in [-0.4, -0.2) is 25.2 Å². The second-order valence-corrected chi connectivity index (χ2v) is 2.82. The molecule has 1 rings (SSSR count). The lowest BCUT2D eigenvalue weighted by molar-refractivity contribution is -0.206. The monoisotopic (exact) mass is 182 g/mol. The Morgan fingerprint density at radius 3 is 2.33 bits per heavy atom. The fourth-order valence-electron chi connectivity index (χ4n) is 1.14. The van der Waals surface area contributed by atoms with Crippen LogP contribution in [0.15, 0.2) is 0 Å². The minimum Gasteiger partial charge on any atom is -0.370 e. The molecule has 0 amide bonds. The maximum Gasteiger partial charge on any atom is 0.394 e. The van der Waals surface area contributed by atoms with Gasteiger partial charge in [-0.1, -0.05) is 0 Å². The van der Waals surface area contributed by atoms with Gasteiger partial charge in [-0.05, 0) is 12.8 Å². The molecule has 5 heteroatoms. The standard InChI is InChI=1S/C7H9F3O2/c8-7(9,10)5-1-2-6(3-11)12-4-5/h3,5-6H,1-2,4H2/t5-,6+/m0/s1. The molecule has 2 atom stereocenters. The number of carbonyl (C=O) groups is 1. The molecule has 0 aromatic rings. The van der Waals surface area contributed by atoms with E-state index in [9.17, 15) is 18.0 Å². The minimum atomic E-state index is -4.19. The van der Waals surface area contributed by atoms with Gasteiger partial charge < -0.3 is 9.53 Å². The first-order valence-corrected chi connectivity index (χ1v) is 3.67. The van der Waals surface area contributed by atoms with Crippen LogP contribution in [0.25, 0.3) is 0 Å². The highest BCUT2D eigenvalue weighted by atomic mass is 19.4. The third-order valence-corrected chi connectivity index (χ3v) is 1.93. The lowest BCUT2D eigenvalue weighted by atomic mass is 9.98. The molecule has 0 saturated carbocycles. The van der Waals surface area contributed by atoms with Crippen LogP contribution in [0.4, 0.5) is 13.2 Å². The van der Waals surface area contributed by atoms with Crippen molar-refractivity contribution in [2.24, 2.45) is 5.92 Å². The molecule has 1 saturated heterocycles. The van der Waals surface area contributed by atoms with Crippen LogP contribution in [-0.2, 0) is 9.53 Å². The predicted octanol–water partition coefficient (Wildman–Crippen LogP) is 1.54. The van der Waals surface area contributed by atoms with Gasteiger partial charge in [0, 0.05) is 0 Å². The van der Waals surface area contributed by atoms with E-state index in [2.05, 4.69) is 4.74 Å². The molecular weight excluding hydrogens is 173 g/mol. The van der Waals surface area contributed by atoms with Gasteiger partial charge in [0.05, 0.1) is 12.5 Å². The van der Waals surface area contributed by atoms with Gasteiger partial charge >= 0.3 is 6.18 Å². The Morgan fingerprint density at radius 1 is 1.33 bits per heavy atom. The average Bonchev–Trinajstić information content (AvgIpc) is 2.03. The molecule has 12 heavy (non-hydrogen) atoms. The molecular formula is C7H9F3O2. The Labute approximate surface area is 67.7 Å². The molecule has 70 valence electrons. The fraction of sp³-hybridized carbons (Fsp3) is 0.857. The third-order valence-electron chi connectivity index (χ3n) is 1.93. The molecule has 2 nitrogen and oxygen atoms in total. The molecule has 1 heterocycles. The van der Waals surface area contributed by atoms with Crippen molar-refractivity contribution in [3.8, 4) is 0 Å². The van der Waals surface area contributed by atoms with E-state index in [0.29, 0.717) is 6.29 Å². The third kappa shape index (κ3) is 2.20. The Kier molecular flexibility index (Phi) is 2.72. The SMILES string of the molecule is O=C[C@H]1CC[C@H](C(F)(F)F)CO1. The number of carbonyl (C=O) groups excluding carboxylic acids is 1. The molecule has 0 unspecified atom stereocenters. The molecule has 0 radical (unpaired) electrons. The molecule has 1 aliphatic rings. The zero-order valence-corrected chi connectivity index (χ0v) is 6.30. The van der Waals surface area contributed by atoms with E-state index in [1.54, 1.807) is 0 Å². The zero-order valence-electron chi connectivity index (χ0n) is 6.30. The summed E-state index contributed by atoms with van der Waals surface area (Å²) in [7, 11) is 0. The van der Waals surface area contributed by atoms with Crippen molar-refractivity contribution in [2.45, 2.75) is 25.1 Å². The summed E-state index contributed by atoms with van der Waals surface area (Å²) in [6, 6.07) is 0. The van der Waals surface area contributed by atoms with E-state index in [-0.39, 0.29) is 19.4 Å². The number of alkyl halides is 3. The van der Waals surface area contributed by atoms with Crippen LogP contribution >= 0.6 is 0 Å². The topological polar surface area (TPSA) is 26.3 Å². The van der Waals surface area contributed by atoms with Crippen molar-refractivity contribution in [2.75, 3.05) is 6.61 Å². The van der Waals surface area contributed by atoms with E-state index in [0.717, 1.165) is 0 Å². The van der Waals surface area contributed by atoms with E-state index < -0.39 is 18.2 Å². The highest BCUT2D eigenvalue weighted by molar-refractivity contribution is 5.56. The second-order valence-electron chi connectivity index (χ2n) is 2.82. The molecule has 0 aromatic heterocycles. The van der Waals surface area contributed by atoms with Crippen molar-refractivity contribution in [3.05, 3.63) is 0 Å².